The zero-order valence-electron chi connectivity index (χ0n) is 12.8. The van der Waals surface area contributed by atoms with Crippen molar-refractivity contribution >= 4 is 0 Å². The molecule has 108 valence electrons. The van der Waals surface area contributed by atoms with Gasteiger partial charge in [0.05, 0.1) is 11.7 Å². The topological polar surface area (TPSA) is 29.9 Å². The molecule has 3 heteroatoms. The molecule has 0 aliphatic carbocycles. The van der Waals surface area contributed by atoms with Gasteiger partial charge in [0.2, 0.25) is 0 Å². The average Bonchev–Trinajstić information content (AvgIpc) is 2.90. The molecule has 1 unspecified atom stereocenters. The lowest BCUT2D eigenvalue weighted by Crippen LogP contribution is -2.24. The first kappa shape index (κ1) is 14.8. The Morgan fingerprint density at radius 3 is 2.35 bits per heavy atom. The quantitative estimate of drug-likeness (QED) is 0.837. The second kappa shape index (κ2) is 7.25. The molecule has 2 rings (SSSR count). The maximum Gasteiger partial charge on any atom is 0.0797 e. The highest BCUT2D eigenvalue weighted by Gasteiger charge is 2.14. The van der Waals surface area contributed by atoms with E-state index >= 15 is 0 Å². The number of nitrogens with one attached hydrogen (secondary N) is 1. The molecule has 0 radical (unpaired) electrons. The number of benzene rings is 1. The van der Waals surface area contributed by atoms with Crippen LogP contribution in [0.25, 0.3) is 0 Å². The molecule has 0 aliphatic rings. The SMILES string of the molecule is CCCNC(Cc1ccc(CC)cc1)c1ccn(C)n1. The van der Waals surface area contributed by atoms with Crippen LogP contribution in [0, 0.1) is 0 Å². The maximum absolute atomic E-state index is 4.55. The van der Waals surface area contributed by atoms with E-state index in [1.165, 1.54) is 11.1 Å². The maximum atomic E-state index is 4.55. The minimum absolute atomic E-state index is 0.295. The van der Waals surface area contributed by atoms with E-state index < -0.39 is 0 Å². The van der Waals surface area contributed by atoms with Gasteiger partial charge in [-0.2, -0.15) is 5.10 Å². The van der Waals surface area contributed by atoms with Crippen molar-refractivity contribution in [3.05, 3.63) is 53.3 Å². The Morgan fingerprint density at radius 1 is 1.10 bits per heavy atom. The molecule has 1 N–H and O–H groups in total. The molecule has 0 fully saturated rings. The predicted molar refractivity (Wildman–Crippen MR) is 83.8 cm³/mol. The van der Waals surface area contributed by atoms with Crippen LogP contribution in [0.5, 0.6) is 0 Å². The zero-order chi connectivity index (χ0) is 14.4. The fourth-order valence-corrected chi connectivity index (χ4v) is 2.37. The van der Waals surface area contributed by atoms with Crippen LogP contribution in [0.3, 0.4) is 0 Å². The molecule has 0 spiro atoms. The Labute approximate surface area is 122 Å². The number of hydrogen-bond donors (Lipinski definition) is 1. The minimum Gasteiger partial charge on any atom is -0.308 e. The predicted octanol–water partition coefficient (Wildman–Crippen LogP) is 3.27. The van der Waals surface area contributed by atoms with Crippen LogP contribution >= 0.6 is 0 Å². The number of nitrogens with zero attached hydrogens (tertiary/aromatic N) is 2. The van der Waals surface area contributed by atoms with Crippen molar-refractivity contribution in [2.75, 3.05) is 6.54 Å². The second-order valence-corrected chi connectivity index (χ2v) is 5.30. The molecule has 1 atom stereocenters. The van der Waals surface area contributed by atoms with E-state index in [0.29, 0.717) is 6.04 Å². The van der Waals surface area contributed by atoms with Crippen molar-refractivity contribution in [1.29, 1.82) is 0 Å². The van der Waals surface area contributed by atoms with Crippen LogP contribution in [0.1, 0.15) is 43.1 Å². The van der Waals surface area contributed by atoms with E-state index in [9.17, 15) is 0 Å². The highest BCUT2D eigenvalue weighted by Crippen LogP contribution is 2.17. The summed E-state index contributed by atoms with van der Waals surface area (Å²) in [6.07, 6.45) is 5.23. The molecular weight excluding hydrogens is 246 g/mol. The van der Waals surface area contributed by atoms with Gasteiger partial charge in [0.25, 0.3) is 0 Å². The number of aryl methyl sites for hydroxylation is 2. The minimum atomic E-state index is 0.295. The van der Waals surface area contributed by atoms with Crippen molar-refractivity contribution in [2.45, 2.75) is 39.2 Å². The summed E-state index contributed by atoms with van der Waals surface area (Å²) in [5, 5.41) is 8.15. The van der Waals surface area contributed by atoms with Crippen LogP contribution in [0.4, 0.5) is 0 Å². The Morgan fingerprint density at radius 2 is 1.80 bits per heavy atom. The number of hydrogen-bond acceptors (Lipinski definition) is 2. The third-order valence-electron chi connectivity index (χ3n) is 3.60. The summed E-state index contributed by atoms with van der Waals surface area (Å²) in [6.45, 7) is 5.40. The van der Waals surface area contributed by atoms with E-state index in [1.807, 2.05) is 17.9 Å². The van der Waals surface area contributed by atoms with Crippen LogP contribution in [-0.2, 0) is 19.9 Å². The summed E-state index contributed by atoms with van der Waals surface area (Å²) in [5.41, 5.74) is 3.88. The van der Waals surface area contributed by atoms with Gasteiger partial charge < -0.3 is 5.32 Å². The first-order valence-electron chi connectivity index (χ1n) is 7.53. The standard InChI is InChI=1S/C17H25N3/c1-4-11-18-17(16-10-12-20(3)19-16)13-15-8-6-14(5-2)7-9-15/h6-10,12,17-18H,4-5,11,13H2,1-3H3. The molecule has 0 saturated carbocycles. The number of aromatic nitrogens is 2. The van der Waals surface area contributed by atoms with Gasteiger partial charge in [0, 0.05) is 13.2 Å². The normalized spacial score (nSPS) is 12.6. The lowest BCUT2D eigenvalue weighted by atomic mass is 10.0. The van der Waals surface area contributed by atoms with E-state index in [4.69, 9.17) is 0 Å². The zero-order valence-corrected chi connectivity index (χ0v) is 12.8. The lowest BCUT2D eigenvalue weighted by molar-refractivity contribution is 0.510. The van der Waals surface area contributed by atoms with E-state index in [2.05, 4.69) is 54.6 Å². The Balaban J connectivity index is 2.10. The third kappa shape index (κ3) is 3.94. The molecule has 0 aliphatic heterocycles. The summed E-state index contributed by atoms with van der Waals surface area (Å²) >= 11 is 0. The average molecular weight is 271 g/mol. The molecule has 1 heterocycles. The molecule has 2 aromatic rings. The van der Waals surface area contributed by atoms with Gasteiger partial charge >= 0.3 is 0 Å². The lowest BCUT2D eigenvalue weighted by Gasteiger charge is -2.16. The summed E-state index contributed by atoms with van der Waals surface area (Å²) in [6, 6.07) is 11.3. The van der Waals surface area contributed by atoms with Crippen molar-refractivity contribution in [1.82, 2.24) is 15.1 Å². The van der Waals surface area contributed by atoms with Gasteiger partial charge in [0.1, 0.15) is 0 Å². The molecule has 0 amide bonds. The second-order valence-electron chi connectivity index (χ2n) is 5.30. The van der Waals surface area contributed by atoms with Crippen molar-refractivity contribution in [2.24, 2.45) is 7.05 Å². The van der Waals surface area contributed by atoms with Crippen LogP contribution in [0.15, 0.2) is 36.5 Å². The molecule has 20 heavy (non-hydrogen) atoms. The summed E-state index contributed by atoms with van der Waals surface area (Å²) in [7, 11) is 1.97. The van der Waals surface area contributed by atoms with Gasteiger partial charge in [-0.25, -0.2) is 0 Å². The molecular formula is C17H25N3. The fourth-order valence-electron chi connectivity index (χ4n) is 2.37. The molecule has 0 bridgehead atoms. The van der Waals surface area contributed by atoms with Gasteiger partial charge in [-0.15, -0.1) is 0 Å². The van der Waals surface area contributed by atoms with Crippen LogP contribution in [-0.4, -0.2) is 16.3 Å². The highest BCUT2D eigenvalue weighted by atomic mass is 15.3. The molecule has 3 nitrogen and oxygen atoms in total. The Kier molecular flexibility index (Phi) is 5.36. The Hall–Kier alpha value is -1.61. The number of rotatable bonds is 7. The van der Waals surface area contributed by atoms with E-state index in [1.54, 1.807) is 0 Å². The summed E-state index contributed by atoms with van der Waals surface area (Å²) in [4.78, 5) is 0. The van der Waals surface area contributed by atoms with Crippen molar-refractivity contribution < 1.29 is 0 Å². The smallest absolute Gasteiger partial charge is 0.0797 e. The van der Waals surface area contributed by atoms with Gasteiger partial charge in [-0.1, -0.05) is 38.1 Å². The monoisotopic (exact) mass is 271 g/mol. The highest BCUT2D eigenvalue weighted by molar-refractivity contribution is 5.24. The van der Waals surface area contributed by atoms with Crippen molar-refractivity contribution in [3.63, 3.8) is 0 Å². The Bertz CT molecular complexity index is 513. The van der Waals surface area contributed by atoms with Crippen LogP contribution in [0.2, 0.25) is 0 Å². The molecule has 0 saturated heterocycles. The third-order valence-corrected chi connectivity index (χ3v) is 3.60. The van der Waals surface area contributed by atoms with Gasteiger partial charge in [-0.3, -0.25) is 4.68 Å². The van der Waals surface area contributed by atoms with Gasteiger partial charge in [0.15, 0.2) is 0 Å². The first-order valence-corrected chi connectivity index (χ1v) is 7.53. The van der Waals surface area contributed by atoms with Crippen molar-refractivity contribution in [3.8, 4) is 0 Å². The summed E-state index contributed by atoms with van der Waals surface area (Å²) in [5.74, 6) is 0. The molecule has 1 aromatic carbocycles. The van der Waals surface area contributed by atoms with Gasteiger partial charge in [-0.05, 0) is 43.0 Å². The largest absolute Gasteiger partial charge is 0.308 e. The van der Waals surface area contributed by atoms with Crippen LogP contribution < -0.4 is 5.32 Å². The fraction of sp³-hybridized carbons (Fsp3) is 0.471. The van der Waals surface area contributed by atoms with E-state index in [0.717, 1.165) is 31.5 Å². The summed E-state index contributed by atoms with van der Waals surface area (Å²) < 4.78 is 1.87. The molecule has 1 aromatic heterocycles. The first-order chi connectivity index (χ1) is 9.72. The van der Waals surface area contributed by atoms with E-state index in [-0.39, 0.29) is 0 Å².